The van der Waals surface area contributed by atoms with Crippen molar-refractivity contribution in [2.75, 3.05) is 5.32 Å². The molecule has 0 bridgehead atoms. The highest BCUT2D eigenvalue weighted by Gasteiger charge is 2.12. The second-order valence-corrected chi connectivity index (χ2v) is 4.33. The molecule has 0 aromatic carbocycles. The number of carbonyl (C=O) groups excluding carboxylic acids is 1. The summed E-state index contributed by atoms with van der Waals surface area (Å²) in [6, 6.07) is 2.56. The van der Waals surface area contributed by atoms with E-state index < -0.39 is 6.04 Å². The van der Waals surface area contributed by atoms with Crippen molar-refractivity contribution in [3.63, 3.8) is 0 Å². The number of nitrogens with two attached hydrogens (primary N) is 1. The van der Waals surface area contributed by atoms with Crippen LogP contribution >= 0.6 is 0 Å². The van der Waals surface area contributed by atoms with E-state index >= 15 is 0 Å². The third-order valence-electron chi connectivity index (χ3n) is 2.65. The summed E-state index contributed by atoms with van der Waals surface area (Å²) in [5.74, 6) is -0.210. The van der Waals surface area contributed by atoms with E-state index in [-0.39, 0.29) is 11.5 Å². The predicted octanol–water partition coefficient (Wildman–Crippen LogP) is 1.32. The van der Waals surface area contributed by atoms with Crippen molar-refractivity contribution in [2.24, 2.45) is 5.73 Å². The first kappa shape index (κ1) is 14.4. The number of rotatable bonds is 6. The van der Waals surface area contributed by atoms with Crippen molar-refractivity contribution < 1.29 is 4.79 Å². The average Bonchev–Trinajstić information content (AvgIpc) is 2.34. The molecule has 5 heteroatoms. The minimum absolute atomic E-state index is 0.0623. The molecule has 0 aliphatic heterocycles. The molecule has 1 aromatic heterocycles. The minimum Gasteiger partial charge on any atom is -0.323 e. The van der Waals surface area contributed by atoms with Crippen LogP contribution in [0.3, 0.4) is 0 Å². The molecular weight excluding hydrogens is 230 g/mol. The number of nitrogens with one attached hydrogen (secondary N) is 1. The van der Waals surface area contributed by atoms with E-state index in [9.17, 15) is 9.59 Å². The Kier molecular flexibility index (Phi) is 5.58. The third-order valence-corrected chi connectivity index (χ3v) is 2.65. The summed E-state index contributed by atoms with van der Waals surface area (Å²) in [5.41, 5.74) is 6.27. The first-order valence-corrected chi connectivity index (χ1v) is 6.35. The summed E-state index contributed by atoms with van der Waals surface area (Å²) in [7, 11) is 0. The number of nitrogens with zero attached hydrogens (tertiary/aromatic N) is 1. The molecule has 1 atom stereocenters. The zero-order valence-corrected chi connectivity index (χ0v) is 11.0. The Morgan fingerprint density at radius 1 is 1.39 bits per heavy atom. The van der Waals surface area contributed by atoms with Gasteiger partial charge in [0.05, 0.1) is 11.7 Å². The van der Waals surface area contributed by atoms with Crippen LogP contribution in [0.5, 0.6) is 0 Å². The van der Waals surface area contributed by atoms with Gasteiger partial charge in [-0.1, -0.05) is 20.3 Å². The van der Waals surface area contributed by atoms with Crippen molar-refractivity contribution in [3.8, 4) is 0 Å². The van der Waals surface area contributed by atoms with Crippen LogP contribution < -0.4 is 16.6 Å². The van der Waals surface area contributed by atoms with E-state index in [1.165, 1.54) is 6.07 Å². The van der Waals surface area contributed by atoms with Gasteiger partial charge in [0.25, 0.3) is 5.56 Å². The molecule has 1 amide bonds. The Bertz CT molecular complexity index is 454. The molecule has 0 aliphatic rings. The first-order chi connectivity index (χ1) is 8.58. The second kappa shape index (κ2) is 6.96. The molecule has 0 saturated carbocycles. The second-order valence-electron chi connectivity index (χ2n) is 4.33. The van der Waals surface area contributed by atoms with Gasteiger partial charge in [0.15, 0.2) is 0 Å². The molecule has 1 aromatic rings. The fourth-order valence-corrected chi connectivity index (χ4v) is 1.70. The first-order valence-electron chi connectivity index (χ1n) is 6.35. The molecule has 0 aliphatic carbocycles. The van der Waals surface area contributed by atoms with Crippen LogP contribution in [0, 0.1) is 0 Å². The van der Waals surface area contributed by atoms with Gasteiger partial charge in [-0.05, 0) is 18.9 Å². The van der Waals surface area contributed by atoms with Crippen LogP contribution in [-0.2, 0) is 11.3 Å². The maximum atomic E-state index is 11.7. The predicted molar refractivity (Wildman–Crippen MR) is 72.5 cm³/mol. The molecular formula is C13H21N3O2. The summed E-state index contributed by atoms with van der Waals surface area (Å²) in [4.78, 5) is 23.2. The maximum absolute atomic E-state index is 11.7. The lowest BCUT2D eigenvalue weighted by atomic mass is 10.1. The van der Waals surface area contributed by atoms with Gasteiger partial charge in [0, 0.05) is 18.8 Å². The smallest absolute Gasteiger partial charge is 0.250 e. The monoisotopic (exact) mass is 251 g/mol. The van der Waals surface area contributed by atoms with Gasteiger partial charge in [-0.2, -0.15) is 0 Å². The number of pyridine rings is 1. The number of amides is 1. The summed E-state index contributed by atoms with van der Waals surface area (Å²) in [5, 5.41) is 2.73. The highest BCUT2D eigenvalue weighted by Crippen LogP contribution is 2.05. The average molecular weight is 251 g/mol. The van der Waals surface area contributed by atoms with Crippen LogP contribution in [0.2, 0.25) is 0 Å². The van der Waals surface area contributed by atoms with Crippen LogP contribution in [-0.4, -0.2) is 16.5 Å². The molecule has 100 valence electrons. The molecule has 1 heterocycles. The summed E-state index contributed by atoms with van der Waals surface area (Å²) >= 11 is 0. The van der Waals surface area contributed by atoms with Crippen LogP contribution in [0.4, 0.5) is 5.69 Å². The molecule has 0 saturated heterocycles. The molecule has 3 N–H and O–H groups in total. The van der Waals surface area contributed by atoms with E-state index in [0.717, 1.165) is 12.8 Å². The largest absolute Gasteiger partial charge is 0.323 e. The molecule has 18 heavy (non-hydrogen) atoms. The van der Waals surface area contributed by atoms with Gasteiger partial charge in [0.1, 0.15) is 0 Å². The van der Waals surface area contributed by atoms with Gasteiger partial charge < -0.3 is 15.6 Å². The van der Waals surface area contributed by atoms with Crippen molar-refractivity contribution >= 4 is 11.6 Å². The lowest BCUT2D eigenvalue weighted by Gasteiger charge is -2.12. The van der Waals surface area contributed by atoms with Gasteiger partial charge in [-0.3, -0.25) is 9.59 Å². The molecule has 0 spiro atoms. The lowest BCUT2D eigenvalue weighted by molar-refractivity contribution is -0.117. The standard InChI is InChI=1S/C13H21N3O2/c1-3-5-11(14)13(18)15-10-6-7-12(17)16(9-10)8-4-2/h6-7,9,11H,3-5,8,14H2,1-2H3,(H,15,18). The Hall–Kier alpha value is -1.62. The van der Waals surface area contributed by atoms with Gasteiger partial charge in [-0.25, -0.2) is 0 Å². The molecule has 0 radical (unpaired) electrons. The fourth-order valence-electron chi connectivity index (χ4n) is 1.70. The van der Waals surface area contributed by atoms with Crippen molar-refractivity contribution in [2.45, 2.75) is 45.7 Å². The highest BCUT2D eigenvalue weighted by molar-refractivity contribution is 5.94. The summed E-state index contributed by atoms with van der Waals surface area (Å²) < 4.78 is 1.58. The number of anilines is 1. The number of hydrogen-bond acceptors (Lipinski definition) is 3. The zero-order valence-electron chi connectivity index (χ0n) is 11.0. The lowest BCUT2D eigenvalue weighted by Crippen LogP contribution is -2.35. The van der Waals surface area contributed by atoms with E-state index in [2.05, 4.69) is 5.32 Å². The van der Waals surface area contributed by atoms with Gasteiger partial charge >= 0.3 is 0 Å². The van der Waals surface area contributed by atoms with Gasteiger partial charge in [-0.15, -0.1) is 0 Å². The van der Waals surface area contributed by atoms with Crippen LogP contribution in [0.15, 0.2) is 23.1 Å². The quantitative estimate of drug-likeness (QED) is 0.800. The maximum Gasteiger partial charge on any atom is 0.250 e. The van der Waals surface area contributed by atoms with Crippen molar-refractivity contribution in [1.82, 2.24) is 4.57 Å². The number of hydrogen-bond donors (Lipinski definition) is 2. The molecule has 0 fully saturated rings. The minimum atomic E-state index is -0.499. The SMILES string of the molecule is CCCC(N)C(=O)Nc1ccc(=O)n(CCC)c1. The molecule has 1 unspecified atom stereocenters. The van der Waals surface area contributed by atoms with E-state index in [4.69, 9.17) is 5.73 Å². The normalized spacial score (nSPS) is 12.2. The number of aromatic nitrogens is 1. The van der Waals surface area contributed by atoms with Crippen molar-refractivity contribution in [1.29, 1.82) is 0 Å². The molecule has 5 nitrogen and oxygen atoms in total. The van der Waals surface area contributed by atoms with Gasteiger partial charge in [0.2, 0.25) is 5.91 Å². The van der Waals surface area contributed by atoms with Crippen LogP contribution in [0.25, 0.3) is 0 Å². The van der Waals surface area contributed by atoms with E-state index in [1.807, 2.05) is 13.8 Å². The number of aryl methyl sites for hydroxylation is 1. The van der Waals surface area contributed by atoms with Crippen LogP contribution in [0.1, 0.15) is 33.1 Å². The Balaban J connectivity index is 2.76. The zero-order chi connectivity index (χ0) is 13.5. The molecule has 1 rings (SSSR count). The highest BCUT2D eigenvalue weighted by atomic mass is 16.2. The Labute approximate surface area is 107 Å². The third kappa shape index (κ3) is 4.00. The summed E-state index contributed by atoms with van der Waals surface area (Å²) in [6.07, 6.45) is 4.04. The fraction of sp³-hybridized carbons (Fsp3) is 0.538. The van der Waals surface area contributed by atoms with E-state index in [0.29, 0.717) is 18.7 Å². The van der Waals surface area contributed by atoms with Crippen molar-refractivity contribution in [3.05, 3.63) is 28.7 Å². The topological polar surface area (TPSA) is 77.1 Å². The van der Waals surface area contributed by atoms with E-state index in [1.54, 1.807) is 16.8 Å². The Morgan fingerprint density at radius 2 is 2.11 bits per heavy atom. The number of carbonyl (C=O) groups is 1. The Morgan fingerprint density at radius 3 is 2.72 bits per heavy atom. The summed E-state index contributed by atoms with van der Waals surface area (Å²) in [6.45, 7) is 4.62.